The van der Waals surface area contributed by atoms with Crippen molar-refractivity contribution in [3.63, 3.8) is 0 Å². The molecule has 1 unspecified atom stereocenters. The van der Waals surface area contributed by atoms with Crippen LogP contribution in [0.4, 0.5) is 4.79 Å². The number of carbonyl (C=O) groups excluding carboxylic acids is 1. The Hall–Kier alpha value is -2.04. The van der Waals surface area contributed by atoms with E-state index in [9.17, 15) is 9.59 Å². The normalized spacial score (nSPS) is 20.6. The van der Waals surface area contributed by atoms with Crippen molar-refractivity contribution < 1.29 is 14.7 Å². The Bertz CT molecular complexity index is 538. The summed E-state index contributed by atoms with van der Waals surface area (Å²) in [7, 11) is 0. The standard InChI is InChI=1S/C15H18N2O3/c18-14(19)5-10-8-17(9-10)15(20)16-7-12-6-11-3-1-2-4-13(11)12/h1-4,10,12H,5-9H2,(H,16,20)(H,18,19). The molecule has 2 N–H and O–H groups in total. The zero-order valence-corrected chi connectivity index (χ0v) is 11.2. The molecule has 1 aromatic rings. The van der Waals surface area contributed by atoms with Crippen molar-refractivity contribution in [1.29, 1.82) is 0 Å². The fourth-order valence-electron chi connectivity index (χ4n) is 2.98. The van der Waals surface area contributed by atoms with E-state index in [2.05, 4.69) is 17.4 Å². The van der Waals surface area contributed by atoms with Crippen LogP contribution < -0.4 is 5.32 Å². The average Bonchev–Trinajstić information content (AvgIpc) is 2.34. The fourth-order valence-corrected chi connectivity index (χ4v) is 2.98. The molecule has 20 heavy (non-hydrogen) atoms. The van der Waals surface area contributed by atoms with E-state index in [1.807, 2.05) is 12.1 Å². The quantitative estimate of drug-likeness (QED) is 0.873. The predicted octanol–water partition coefficient (Wildman–Crippen LogP) is 1.44. The van der Waals surface area contributed by atoms with Crippen LogP contribution in [0.25, 0.3) is 0 Å². The van der Waals surface area contributed by atoms with Crippen molar-refractivity contribution in [3.05, 3.63) is 35.4 Å². The zero-order valence-electron chi connectivity index (χ0n) is 11.2. The predicted molar refractivity (Wildman–Crippen MR) is 73.6 cm³/mol. The lowest BCUT2D eigenvalue weighted by Crippen LogP contribution is -2.54. The Balaban J connectivity index is 1.40. The van der Waals surface area contributed by atoms with E-state index in [1.165, 1.54) is 11.1 Å². The number of hydrogen-bond donors (Lipinski definition) is 2. The summed E-state index contributed by atoms with van der Waals surface area (Å²) in [5.41, 5.74) is 2.71. The molecule has 5 nitrogen and oxygen atoms in total. The minimum absolute atomic E-state index is 0.0731. The third-order valence-corrected chi connectivity index (χ3v) is 4.17. The van der Waals surface area contributed by atoms with Crippen molar-refractivity contribution in [1.82, 2.24) is 10.2 Å². The summed E-state index contributed by atoms with van der Waals surface area (Å²) in [6.07, 6.45) is 1.18. The number of benzene rings is 1. The molecule has 1 atom stereocenters. The number of carbonyl (C=O) groups is 2. The molecule has 1 saturated heterocycles. The number of aliphatic carboxylic acids is 1. The third kappa shape index (κ3) is 2.48. The smallest absolute Gasteiger partial charge is 0.317 e. The third-order valence-electron chi connectivity index (χ3n) is 4.17. The van der Waals surface area contributed by atoms with Gasteiger partial charge in [0.05, 0.1) is 6.42 Å². The number of hydrogen-bond acceptors (Lipinski definition) is 2. The maximum atomic E-state index is 11.9. The molecule has 0 radical (unpaired) electrons. The van der Waals surface area contributed by atoms with Crippen molar-refractivity contribution in [2.45, 2.75) is 18.8 Å². The SMILES string of the molecule is O=C(O)CC1CN(C(=O)NCC2Cc3ccccc32)C1. The fraction of sp³-hybridized carbons (Fsp3) is 0.467. The van der Waals surface area contributed by atoms with E-state index in [1.54, 1.807) is 4.90 Å². The molecule has 2 amide bonds. The minimum Gasteiger partial charge on any atom is -0.481 e. The highest BCUT2D eigenvalue weighted by Crippen LogP contribution is 2.34. The number of carboxylic acid groups (broad SMARTS) is 1. The van der Waals surface area contributed by atoms with Crippen molar-refractivity contribution in [2.24, 2.45) is 5.92 Å². The number of nitrogens with one attached hydrogen (secondary N) is 1. The second-order valence-corrected chi connectivity index (χ2v) is 5.65. The first-order valence-corrected chi connectivity index (χ1v) is 6.96. The van der Waals surface area contributed by atoms with Gasteiger partial charge in [0.1, 0.15) is 0 Å². The van der Waals surface area contributed by atoms with Crippen LogP contribution in [0, 0.1) is 5.92 Å². The molecular formula is C15H18N2O3. The zero-order chi connectivity index (χ0) is 14.1. The Morgan fingerprint density at radius 2 is 2.05 bits per heavy atom. The molecule has 0 bridgehead atoms. The Morgan fingerprint density at radius 3 is 2.75 bits per heavy atom. The molecule has 5 heteroatoms. The molecule has 1 aliphatic carbocycles. The number of fused-ring (bicyclic) bond motifs is 1. The number of likely N-dealkylation sites (tertiary alicyclic amines) is 1. The Labute approximate surface area is 117 Å². The van der Waals surface area contributed by atoms with Gasteiger partial charge in [0.2, 0.25) is 0 Å². The summed E-state index contributed by atoms with van der Waals surface area (Å²) in [4.78, 5) is 24.1. The number of nitrogens with zero attached hydrogens (tertiary/aromatic N) is 1. The molecule has 0 saturated carbocycles. The number of rotatable bonds is 4. The van der Waals surface area contributed by atoms with Gasteiger partial charge in [-0.1, -0.05) is 24.3 Å². The van der Waals surface area contributed by atoms with Crippen LogP contribution >= 0.6 is 0 Å². The molecular weight excluding hydrogens is 256 g/mol. The van der Waals surface area contributed by atoms with E-state index in [-0.39, 0.29) is 18.4 Å². The largest absolute Gasteiger partial charge is 0.481 e. The topological polar surface area (TPSA) is 69.6 Å². The first-order valence-electron chi connectivity index (χ1n) is 6.96. The van der Waals surface area contributed by atoms with Crippen LogP contribution in [0.2, 0.25) is 0 Å². The summed E-state index contributed by atoms with van der Waals surface area (Å²) < 4.78 is 0. The molecule has 0 spiro atoms. The maximum absolute atomic E-state index is 11.9. The van der Waals surface area contributed by atoms with Gasteiger partial charge >= 0.3 is 12.0 Å². The van der Waals surface area contributed by atoms with Gasteiger partial charge in [-0.15, -0.1) is 0 Å². The van der Waals surface area contributed by atoms with Gasteiger partial charge < -0.3 is 15.3 Å². The molecule has 1 aromatic carbocycles. The van der Waals surface area contributed by atoms with Crippen LogP contribution in [0.1, 0.15) is 23.5 Å². The molecule has 1 heterocycles. The summed E-state index contributed by atoms with van der Waals surface area (Å²) in [5.74, 6) is -0.255. The van der Waals surface area contributed by atoms with Gasteiger partial charge in [0.25, 0.3) is 0 Å². The first-order chi connectivity index (χ1) is 9.63. The van der Waals surface area contributed by atoms with Crippen LogP contribution in [0.3, 0.4) is 0 Å². The van der Waals surface area contributed by atoms with Crippen LogP contribution in [0.5, 0.6) is 0 Å². The van der Waals surface area contributed by atoms with Crippen LogP contribution in [-0.4, -0.2) is 41.6 Å². The van der Waals surface area contributed by atoms with Gasteiger partial charge in [-0.25, -0.2) is 4.79 Å². The summed E-state index contributed by atoms with van der Waals surface area (Å²) in [6, 6.07) is 8.23. The molecule has 106 valence electrons. The number of urea groups is 1. The molecule has 1 aliphatic heterocycles. The van der Waals surface area contributed by atoms with Crippen LogP contribution in [-0.2, 0) is 11.2 Å². The van der Waals surface area contributed by atoms with Gasteiger partial charge in [0, 0.05) is 31.5 Å². The summed E-state index contributed by atoms with van der Waals surface area (Å²) >= 11 is 0. The lowest BCUT2D eigenvalue weighted by molar-refractivity contribution is -0.139. The first kappa shape index (κ1) is 13.0. The summed E-state index contributed by atoms with van der Waals surface area (Å²) in [5, 5.41) is 11.6. The van der Waals surface area contributed by atoms with Gasteiger partial charge in [0.15, 0.2) is 0 Å². The van der Waals surface area contributed by atoms with E-state index < -0.39 is 5.97 Å². The average molecular weight is 274 g/mol. The second-order valence-electron chi connectivity index (χ2n) is 5.65. The van der Waals surface area contributed by atoms with Gasteiger partial charge in [-0.2, -0.15) is 0 Å². The highest BCUT2D eigenvalue weighted by molar-refractivity contribution is 5.76. The van der Waals surface area contributed by atoms with Gasteiger partial charge in [-0.3, -0.25) is 4.79 Å². The van der Waals surface area contributed by atoms with Gasteiger partial charge in [-0.05, 0) is 17.5 Å². The number of carboxylic acids is 1. The number of amides is 2. The molecule has 3 rings (SSSR count). The van der Waals surface area contributed by atoms with E-state index in [0.717, 1.165) is 6.42 Å². The van der Waals surface area contributed by atoms with Crippen LogP contribution in [0.15, 0.2) is 24.3 Å². The van der Waals surface area contributed by atoms with Crippen molar-refractivity contribution >= 4 is 12.0 Å². The highest BCUT2D eigenvalue weighted by atomic mass is 16.4. The Morgan fingerprint density at radius 1 is 1.30 bits per heavy atom. The van der Waals surface area contributed by atoms with E-state index >= 15 is 0 Å². The monoisotopic (exact) mass is 274 g/mol. The molecule has 1 fully saturated rings. The second kappa shape index (κ2) is 5.15. The Kier molecular flexibility index (Phi) is 3.34. The molecule has 0 aromatic heterocycles. The summed E-state index contributed by atoms with van der Waals surface area (Å²) in [6.45, 7) is 1.77. The lowest BCUT2D eigenvalue weighted by atomic mass is 9.78. The highest BCUT2D eigenvalue weighted by Gasteiger charge is 2.33. The minimum atomic E-state index is -0.791. The van der Waals surface area contributed by atoms with Crippen molar-refractivity contribution in [3.8, 4) is 0 Å². The van der Waals surface area contributed by atoms with E-state index in [0.29, 0.717) is 25.6 Å². The molecule has 2 aliphatic rings. The van der Waals surface area contributed by atoms with Crippen molar-refractivity contribution in [2.75, 3.05) is 19.6 Å². The lowest BCUT2D eigenvalue weighted by Gasteiger charge is -2.39. The maximum Gasteiger partial charge on any atom is 0.317 e. The van der Waals surface area contributed by atoms with E-state index in [4.69, 9.17) is 5.11 Å².